The highest BCUT2D eigenvalue weighted by molar-refractivity contribution is 7.79. The number of nitrogens with two attached hydrogens (primary N) is 1. The van der Waals surface area contributed by atoms with Crippen LogP contribution in [0.3, 0.4) is 0 Å². The van der Waals surface area contributed by atoms with E-state index in [9.17, 15) is 8.76 Å². The lowest BCUT2D eigenvalue weighted by Crippen LogP contribution is -2.46. The zero-order valence-corrected chi connectivity index (χ0v) is 23.1. The second kappa shape index (κ2) is 13.8. The van der Waals surface area contributed by atoms with Gasteiger partial charge in [0.15, 0.2) is 0 Å². The number of nitrogen functional groups attached to an aromatic ring is 1. The molecular weight excluding hydrogens is 510 g/mol. The lowest BCUT2D eigenvalue weighted by molar-refractivity contribution is 0.249. The van der Waals surface area contributed by atoms with Gasteiger partial charge < -0.3 is 19.9 Å². The average molecular weight is 547 g/mol. The van der Waals surface area contributed by atoms with Crippen molar-refractivity contribution in [1.82, 2.24) is 14.9 Å². The molecular formula is C30H36N5O3S-. The zero-order chi connectivity index (χ0) is 27.6. The van der Waals surface area contributed by atoms with E-state index in [1.807, 2.05) is 30.3 Å². The number of aryl methyl sites for hydroxylation is 2. The molecule has 0 radical (unpaired) electrons. The zero-order valence-electron chi connectivity index (χ0n) is 22.3. The quantitative estimate of drug-likeness (QED) is 0.331. The summed E-state index contributed by atoms with van der Waals surface area (Å²) in [6.07, 6.45) is 3.01. The van der Waals surface area contributed by atoms with Gasteiger partial charge in [0.05, 0.1) is 0 Å². The maximum Gasteiger partial charge on any atom is 0.126 e. The molecule has 0 saturated carbocycles. The smallest absolute Gasteiger partial charge is 0.126 e. The Morgan fingerprint density at radius 2 is 1.62 bits per heavy atom. The van der Waals surface area contributed by atoms with Crippen LogP contribution < -0.4 is 15.4 Å². The summed E-state index contributed by atoms with van der Waals surface area (Å²) in [5.41, 5.74) is 11.1. The van der Waals surface area contributed by atoms with Gasteiger partial charge in [-0.15, -0.1) is 0 Å². The fourth-order valence-electron chi connectivity index (χ4n) is 4.58. The van der Waals surface area contributed by atoms with Crippen LogP contribution in [0.2, 0.25) is 0 Å². The van der Waals surface area contributed by atoms with E-state index < -0.39 is 11.1 Å². The highest BCUT2D eigenvalue weighted by Crippen LogP contribution is 2.27. The van der Waals surface area contributed by atoms with Crippen LogP contribution in [0.4, 0.5) is 11.5 Å². The van der Waals surface area contributed by atoms with Crippen molar-refractivity contribution in [3.8, 4) is 5.75 Å². The van der Waals surface area contributed by atoms with Gasteiger partial charge in [-0.25, -0.2) is 9.97 Å². The van der Waals surface area contributed by atoms with Gasteiger partial charge in [0.25, 0.3) is 0 Å². The van der Waals surface area contributed by atoms with Gasteiger partial charge in [0.1, 0.15) is 24.5 Å². The lowest BCUT2D eigenvalue weighted by atomic mass is 10.0. The van der Waals surface area contributed by atoms with Gasteiger partial charge in [-0.2, -0.15) is 0 Å². The van der Waals surface area contributed by atoms with Crippen molar-refractivity contribution in [3.63, 3.8) is 0 Å². The second-order valence-corrected chi connectivity index (χ2v) is 10.4. The first-order chi connectivity index (χ1) is 18.9. The number of ether oxygens (including phenoxy) is 1. The summed E-state index contributed by atoms with van der Waals surface area (Å²) in [7, 11) is 0. The molecule has 3 aromatic carbocycles. The summed E-state index contributed by atoms with van der Waals surface area (Å²) in [5, 5.41) is 0. The predicted molar refractivity (Wildman–Crippen MR) is 156 cm³/mol. The Labute approximate surface area is 234 Å². The molecule has 206 valence electrons. The van der Waals surface area contributed by atoms with Crippen molar-refractivity contribution in [3.05, 3.63) is 108 Å². The Morgan fingerprint density at radius 3 is 2.15 bits per heavy atom. The summed E-state index contributed by atoms with van der Waals surface area (Å²) in [6, 6.07) is 23.5. The summed E-state index contributed by atoms with van der Waals surface area (Å²) in [5.74, 6) is 1.49. The van der Waals surface area contributed by atoms with Crippen LogP contribution in [0.1, 0.15) is 23.7 Å². The summed E-state index contributed by atoms with van der Waals surface area (Å²) >= 11 is -2.17. The minimum absolute atomic E-state index is 0. The van der Waals surface area contributed by atoms with E-state index in [4.69, 9.17) is 10.5 Å². The van der Waals surface area contributed by atoms with E-state index in [0.717, 1.165) is 44.2 Å². The van der Waals surface area contributed by atoms with Gasteiger partial charge >= 0.3 is 0 Å². The molecule has 0 bridgehead atoms. The van der Waals surface area contributed by atoms with E-state index >= 15 is 0 Å². The topological polar surface area (TPSA) is 108 Å². The number of hydrogen-bond acceptors (Lipinski definition) is 8. The summed E-state index contributed by atoms with van der Waals surface area (Å²) in [4.78, 5) is 12.4. The van der Waals surface area contributed by atoms with Gasteiger partial charge in [0, 0.05) is 50.9 Å². The molecule has 4 aromatic rings. The third kappa shape index (κ3) is 8.35. The Balaban J connectivity index is 0.000000482. The lowest BCUT2D eigenvalue weighted by Gasteiger charge is -2.36. The normalized spacial score (nSPS) is 14.3. The minimum atomic E-state index is -2.17. The second-order valence-electron chi connectivity index (χ2n) is 9.46. The first kappa shape index (κ1) is 28.2. The monoisotopic (exact) mass is 546 g/mol. The fraction of sp³-hybridized carbons (Fsp3) is 0.267. The van der Waals surface area contributed by atoms with E-state index in [-0.39, 0.29) is 1.43 Å². The molecule has 1 fully saturated rings. The Hall–Kier alpha value is -3.79. The molecule has 9 heteroatoms. The molecule has 1 aliphatic heterocycles. The van der Waals surface area contributed by atoms with Gasteiger partial charge in [-0.3, -0.25) is 9.11 Å². The minimum Gasteiger partial charge on any atom is -0.768 e. The van der Waals surface area contributed by atoms with Crippen molar-refractivity contribution in [2.75, 3.05) is 36.8 Å². The molecule has 5 rings (SSSR count). The maximum absolute atomic E-state index is 11.0. The maximum atomic E-state index is 11.0. The first-order valence-electron chi connectivity index (χ1n) is 12.8. The molecule has 2 heterocycles. The van der Waals surface area contributed by atoms with Crippen LogP contribution in [-0.4, -0.2) is 49.8 Å². The molecule has 39 heavy (non-hydrogen) atoms. The predicted octanol–water partition coefficient (Wildman–Crippen LogP) is 4.75. The first-order valence-corrected chi connectivity index (χ1v) is 13.9. The van der Waals surface area contributed by atoms with Gasteiger partial charge in [0.2, 0.25) is 0 Å². The molecule has 2 N–H and O–H groups in total. The highest BCUT2D eigenvalue weighted by atomic mass is 32.2. The number of hydrogen-bond donors (Lipinski definition) is 1. The van der Waals surface area contributed by atoms with E-state index in [1.165, 1.54) is 28.6 Å². The fourth-order valence-corrected chi connectivity index (χ4v) is 4.94. The number of aromatic nitrogens is 2. The molecule has 0 aliphatic carbocycles. The number of piperazine rings is 1. The summed E-state index contributed by atoms with van der Waals surface area (Å²) < 4.78 is 28.2. The largest absolute Gasteiger partial charge is 0.768 e. The molecule has 1 saturated heterocycles. The van der Waals surface area contributed by atoms with E-state index in [1.54, 1.807) is 24.4 Å². The molecule has 8 nitrogen and oxygen atoms in total. The number of benzene rings is 3. The average Bonchev–Trinajstić information content (AvgIpc) is 2.94. The Morgan fingerprint density at radius 1 is 0.949 bits per heavy atom. The van der Waals surface area contributed by atoms with Crippen molar-refractivity contribution in [2.45, 2.75) is 31.9 Å². The number of rotatable bonds is 7. The molecule has 0 spiro atoms. The van der Waals surface area contributed by atoms with Crippen molar-refractivity contribution >= 4 is 22.6 Å². The van der Waals surface area contributed by atoms with Crippen molar-refractivity contribution in [1.29, 1.82) is 0 Å². The van der Waals surface area contributed by atoms with Crippen molar-refractivity contribution < 1.29 is 14.9 Å². The van der Waals surface area contributed by atoms with Crippen LogP contribution in [0.25, 0.3) is 0 Å². The third-order valence-corrected chi connectivity index (χ3v) is 7.18. The van der Waals surface area contributed by atoms with Crippen LogP contribution in [0, 0.1) is 13.8 Å². The molecule has 1 aliphatic rings. The number of anilines is 2. The standard InChI is InChI=1S/C26H30N2O3S.C4H5N3.H2/c1-20-16-23(17-21(2)26(20)31-19-22-6-4-3-5-7-22)18-27-12-14-28(15-13-27)24-8-10-25(11-9-24)32(29)30;5-4-1-2-6-3-7-4;/h3-11,16-17H,12-15,18-19H2,1-2H3,(H,29,30);1-3H,(H2,5,6,7);1H/p-1. The van der Waals surface area contributed by atoms with E-state index in [0.29, 0.717) is 17.3 Å². The molecule has 1 atom stereocenters. The Bertz CT molecular complexity index is 1330. The SMILES string of the molecule is Cc1cc(CN2CCN(c3ccc(S(=O)[O-])cc3)CC2)cc(C)c1OCc1ccccc1.Nc1ccncn1.[HH]. The van der Waals surface area contributed by atoms with Crippen LogP contribution >= 0.6 is 0 Å². The van der Waals surface area contributed by atoms with Crippen LogP contribution in [0.5, 0.6) is 5.75 Å². The van der Waals surface area contributed by atoms with Gasteiger partial charge in [-0.1, -0.05) is 42.5 Å². The van der Waals surface area contributed by atoms with Crippen molar-refractivity contribution in [2.24, 2.45) is 0 Å². The van der Waals surface area contributed by atoms with Crippen LogP contribution in [-0.2, 0) is 24.2 Å². The van der Waals surface area contributed by atoms with Crippen LogP contribution in [0.15, 0.2) is 90.2 Å². The highest BCUT2D eigenvalue weighted by Gasteiger charge is 2.18. The van der Waals surface area contributed by atoms with Gasteiger partial charge in [-0.05, 0) is 77.5 Å². The molecule has 1 aromatic heterocycles. The summed E-state index contributed by atoms with van der Waals surface area (Å²) in [6.45, 7) is 9.53. The molecule has 0 amide bonds. The van der Waals surface area contributed by atoms with E-state index in [2.05, 4.69) is 57.9 Å². The molecule has 1 unspecified atom stereocenters. The third-order valence-electron chi connectivity index (χ3n) is 6.52. The Kier molecular flexibility index (Phi) is 10.0. The number of nitrogens with zero attached hydrogens (tertiary/aromatic N) is 4.